The lowest BCUT2D eigenvalue weighted by molar-refractivity contribution is -0.137. The Morgan fingerprint density at radius 3 is 2.70 bits per heavy atom. The molecule has 0 fully saturated rings. The van der Waals surface area contributed by atoms with E-state index in [9.17, 15) is 13.2 Å². The average Bonchev–Trinajstić information content (AvgIpc) is 2.78. The Labute approximate surface area is 117 Å². The summed E-state index contributed by atoms with van der Waals surface area (Å²) in [4.78, 5) is 3.65. The maximum atomic E-state index is 12.5. The highest BCUT2D eigenvalue weighted by atomic mass is 35.5. The molecule has 0 saturated carbocycles. The molecule has 0 aliphatic carbocycles. The summed E-state index contributed by atoms with van der Waals surface area (Å²) >= 11 is 5.76. The van der Waals surface area contributed by atoms with Crippen molar-refractivity contribution in [2.24, 2.45) is 0 Å². The third-order valence-corrected chi connectivity index (χ3v) is 2.68. The van der Waals surface area contributed by atoms with Crippen LogP contribution in [0, 0.1) is 0 Å². The number of rotatable bonds is 4. The van der Waals surface area contributed by atoms with Crippen molar-refractivity contribution >= 4 is 23.1 Å². The molecule has 108 valence electrons. The lowest BCUT2D eigenvalue weighted by Gasteiger charge is -2.09. The van der Waals surface area contributed by atoms with Crippen molar-refractivity contribution in [2.75, 3.05) is 11.9 Å². The zero-order valence-corrected chi connectivity index (χ0v) is 10.8. The molecule has 9 heteroatoms. The van der Waals surface area contributed by atoms with Crippen LogP contribution in [0.25, 0.3) is 0 Å². The zero-order valence-electron chi connectivity index (χ0n) is 10.0. The fourth-order valence-corrected chi connectivity index (χ4v) is 1.69. The van der Waals surface area contributed by atoms with Gasteiger partial charge < -0.3 is 10.4 Å². The fourth-order valence-electron chi connectivity index (χ4n) is 1.47. The summed E-state index contributed by atoms with van der Waals surface area (Å²) in [7, 11) is 0. The first-order valence-electron chi connectivity index (χ1n) is 5.53. The summed E-state index contributed by atoms with van der Waals surface area (Å²) in [6.07, 6.45) is -0.759. The number of hydrogen-bond donors (Lipinski definition) is 2. The van der Waals surface area contributed by atoms with Crippen LogP contribution in [0.2, 0.25) is 5.02 Å². The summed E-state index contributed by atoms with van der Waals surface area (Å²) in [6, 6.07) is 0.801. The minimum absolute atomic E-state index is 0.0690. The van der Waals surface area contributed by atoms with Crippen molar-refractivity contribution in [1.29, 1.82) is 0 Å². The molecule has 0 aliphatic heterocycles. The summed E-state index contributed by atoms with van der Waals surface area (Å²) < 4.78 is 38.8. The molecular weight excluding hydrogens is 297 g/mol. The number of aliphatic hydroxyl groups is 1. The van der Waals surface area contributed by atoms with E-state index in [4.69, 9.17) is 16.7 Å². The molecule has 0 amide bonds. The number of aliphatic hydroxyl groups excluding tert-OH is 1. The first-order chi connectivity index (χ1) is 9.40. The van der Waals surface area contributed by atoms with E-state index in [1.165, 1.54) is 10.9 Å². The lowest BCUT2D eigenvalue weighted by atomic mass is 10.3. The quantitative estimate of drug-likeness (QED) is 0.911. The first kappa shape index (κ1) is 14.6. The van der Waals surface area contributed by atoms with Crippen LogP contribution in [0.4, 0.5) is 24.7 Å². The molecule has 2 rings (SSSR count). The van der Waals surface area contributed by atoms with E-state index in [0.717, 1.165) is 6.07 Å². The normalized spacial score (nSPS) is 11.7. The van der Waals surface area contributed by atoms with Crippen LogP contribution in [0.15, 0.2) is 24.7 Å². The third kappa shape index (κ3) is 3.40. The molecule has 2 heterocycles. The van der Waals surface area contributed by atoms with E-state index >= 15 is 0 Å². The molecule has 0 aromatic carbocycles. The molecular formula is C11H10ClF3N4O. The molecule has 0 unspecified atom stereocenters. The van der Waals surface area contributed by atoms with Gasteiger partial charge >= 0.3 is 6.18 Å². The molecule has 0 atom stereocenters. The van der Waals surface area contributed by atoms with Gasteiger partial charge in [-0.1, -0.05) is 11.6 Å². The van der Waals surface area contributed by atoms with Gasteiger partial charge in [-0.25, -0.2) is 4.98 Å². The van der Waals surface area contributed by atoms with Crippen LogP contribution < -0.4 is 5.32 Å². The predicted octanol–water partition coefficient (Wildman–Crippen LogP) is 2.69. The van der Waals surface area contributed by atoms with Gasteiger partial charge in [0.1, 0.15) is 5.82 Å². The van der Waals surface area contributed by atoms with Crippen LogP contribution in [0.3, 0.4) is 0 Å². The summed E-state index contributed by atoms with van der Waals surface area (Å²) in [5.74, 6) is 0.100. The van der Waals surface area contributed by atoms with Crippen LogP contribution in [0.5, 0.6) is 0 Å². The van der Waals surface area contributed by atoms with Crippen molar-refractivity contribution in [2.45, 2.75) is 12.7 Å². The van der Waals surface area contributed by atoms with Crippen LogP contribution in [-0.2, 0) is 12.7 Å². The second-order valence-corrected chi connectivity index (χ2v) is 4.30. The molecule has 0 radical (unpaired) electrons. The zero-order chi connectivity index (χ0) is 14.8. The molecule has 2 aromatic rings. The third-order valence-electron chi connectivity index (χ3n) is 2.39. The molecule has 20 heavy (non-hydrogen) atoms. The fraction of sp³-hybridized carbons (Fsp3) is 0.273. The van der Waals surface area contributed by atoms with E-state index in [0.29, 0.717) is 18.4 Å². The Hall–Kier alpha value is -1.80. The van der Waals surface area contributed by atoms with Gasteiger partial charge in [0, 0.05) is 12.4 Å². The van der Waals surface area contributed by atoms with E-state index < -0.39 is 11.7 Å². The summed E-state index contributed by atoms with van der Waals surface area (Å²) in [6.45, 7) is 0.246. The Kier molecular flexibility index (Phi) is 4.15. The van der Waals surface area contributed by atoms with Gasteiger partial charge in [-0.15, -0.1) is 0 Å². The van der Waals surface area contributed by atoms with Gasteiger partial charge in [-0.2, -0.15) is 18.3 Å². The van der Waals surface area contributed by atoms with Gasteiger partial charge in [0.25, 0.3) is 0 Å². The molecule has 2 aromatic heterocycles. The molecule has 2 N–H and O–H groups in total. The highest BCUT2D eigenvalue weighted by Gasteiger charge is 2.31. The van der Waals surface area contributed by atoms with E-state index in [-0.39, 0.29) is 17.4 Å². The number of aromatic nitrogens is 3. The van der Waals surface area contributed by atoms with Gasteiger partial charge in [-0.3, -0.25) is 4.68 Å². The number of anilines is 2. The standard InChI is InChI=1S/C11H10ClF3N4O/c12-9-3-7(11(13,14)15)4-16-10(9)18-8-5-17-19(6-8)1-2-20/h3-6,20H,1-2H2,(H,16,18). The first-order valence-corrected chi connectivity index (χ1v) is 5.91. The second kappa shape index (κ2) is 5.68. The monoisotopic (exact) mass is 306 g/mol. The van der Waals surface area contributed by atoms with Crippen molar-refractivity contribution in [1.82, 2.24) is 14.8 Å². The SMILES string of the molecule is OCCn1cc(Nc2ncc(C(F)(F)F)cc2Cl)cn1. The lowest BCUT2D eigenvalue weighted by Crippen LogP contribution is -2.06. The van der Waals surface area contributed by atoms with Gasteiger partial charge in [0.05, 0.1) is 35.6 Å². The van der Waals surface area contributed by atoms with E-state index in [1.807, 2.05) is 0 Å². The maximum Gasteiger partial charge on any atom is 0.417 e. The topological polar surface area (TPSA) is 63.0 Å². The largest absolute Gasteiger partial charge is 0.417 e. The number of nitrogens with one attached hydrogen (secondary N) is 1. The van der Waals surface area contributed by atoms with Crippen LogP contribution >= 0.6 is 11.6 Å². The minimum Gasteiger partial charge on any atom is -0.394 e. The highest BCUT2D eigenvalue weighted by Crippen LogP contribution is 2.33. The van der Waals surface area contributed by atoms with Crippen LogP contribution in [-0.4, -0.2) is 26.5 Å². The molecule has 0 saturated heterocycles. The van der Waals surface area contributed by atoms with Crippen molar-refractivity contribution in [3.05, 3.63) is 35.2 Å². The van der Waals surface area contributed by atoms with Crippen LogP contribution in [0.1, 0.15) is 5.56 Å². The van der Waals surface area contributed by atoms with Gasteiger partial charge in [0.2, 0.25) is 0 Å². The molecule has 0 bridgehead atoms. The second-order valence-electron chi connectivity index (χ2n) is 3.89. The number of pyridine rings is 1. The van der Waals surface area contributed by atoms with Crippen molar-refractivity contribution in [3.8, 4) is 0 Å². The number of halogens is 4. The van der Waals surface area contributed by atoms with Gasteiger partial charge in [0.15, 0.2) is 0 Å². The minimum atomic E-state index is -4.48. The van der Waals surface area contributed by atoms with Crippen molar-refractivity contribution < 1.29 is 18.3 Å². The Morgan fingerprint density at radius 1 is 1.35 bits per heavy atom. The van der Waals surface area contributed by atoms with Crippen molar-refractivity contribution in [3.63, 3.8) is 0 Å². The summed E-state index contributed by atoms with van der Waals surface area (Å²) in [5.41, 5.74) is -0.406. The Morgan fingerprint density at radius 2 is 2.10 bits per heavy atom. The Bertz CT molecular complexity index is 600. The Balaban J connectivity index is 2.17. The number of nitrogens with zero attached hydrogens (tertiary/aromatic N) is 3. The van der Waals surface area contributed by atoms with E-state index in [1.54, 1.807) is 6.20 Å². The number of alkyl halides is 3. The number of hydrogen-bond acceptors (Lipinski definition) is 4. The summed E-state index contributed by atoms with van der Waals surface area (Å²) in [5, 5.41) is 15.3. The molecule has 5 nitrogen and oxygen atoms in total. The molecule has 0 aliphatic rings. The van der Waals surface area contributed by atoms with E-state index in [2.05, 4.69) is 15.4 Å². The highest BCUT2D eigenvalue weighted by molar-refractivity contribution is 6.33. The predicted molar refractivity (Wildman–Crippen MR) is 66.8 cm³/mol. The maximum absolute atomic E-state index is 12.5. The molecule has 0 spiro atoms. The average molecular weight is 307 g/mol. The smallest absolute Gasteiger partial charge is 0.394 e. The van der Waals surface area contributed by atoms with Gasteiger partial charge in [-0.05, 0) is 6.07 Å².